The number of hydrogen-bond donors (Lipinski definition) is 2. The molecule has 0 saturated carbocycles. The molecule has 3 N–H and O–H groups in total. The van der Waals surface area contributed by atoms with Crippen LogP contribution in [0, 0.1) is 6.92 Å². The van der Waals surface area contributed by atoms with E-state index >= 15 is 0 Å². The average molecular weight is 268 g/mol. The summed E-state index contributed by atoms with van der Waals surface area (Å²) in [5.41, 5.74) is 7.43. The van der Waals surface area contributed by atoms with Crippen molar-refractivity contribution in [1.82, 2.24) is 9.78 Å². The largest absolute Gasteiger partial charge is 0.506 e. The highest BCUT2D eigenvalue weighted by molar-refractivity contribution is 6.31. The SMILES string of the molecule is Cc1nn(C)c(COc2cccc(O)c2N)c1Cl. The Bertz CT molecular complexity index is 581. The first-order chi connectivity index (χ1) is 8.50. The van der Waals surface area contributed by atoms with Gasteiger partial charge >= 0.3 is 0 Å². The smallest absolute Gasteiger partial charge is 0.146 e. The van der Waals surface area contributed by atoms with Crippen molar-refractivity contribution in [1.29, 1.82) is 0 Å². The molecule has 6 heteroatoms. The molecule has 2 aromatic rings. The maximum atomic E-state index is 9.46. The molecule has 96 valence electrons. The molecule has 1 aromatic heterocycles. The van der Waals surface area contributed by atoms with Crippen LogP contribution in [-0.2, 0) is 13.7 Å². The van der Waals surface area contributed by atoms with Gasteiger partial charge in [0.15, 0.2) is 0 Å². The molecule has 0 aliphatic carbocycles. The number of nitrogens with two attached hydrogens (primary N) is 1. The van der Waals surface area contributed by atoms with E-state index in [9.17, 15) is 5.11 Å². The summed E-state index contributed by atoms with van der Waals surface area (Å²) >= 11 is 6.11. The van der Waals surface area contributed by atoms with Crippen LogP contribution in [0.15, 0.2) is 18.2 Å². The average Bonchev–Trinajstić information content (AvgIpc) is 2.56. The van der Waals surface area contributed by atoms with Crippen LogP contribution in [-0.4, -0.2) is 14.9 Å². The molecular formula is C12H14ClN3O2. The fourth-order valence-corrected chi connectivity index (χ4v) is 1.86. The quantitative estimate of drug-likeness (QED) is 0.661. The summed E-state index contributed by atoms with van der Waals surface area (Å²) in [6.45, 7) is 2.07. The number of aromatic hydroxyl groups is 1. The van der Waals surface area contributed by atoms with Crippen LogP contribution in [0.5, 0.6) is 11.5 Å². The standard InChI is InChI=1S/C12H14ClN3O2/c1-7-11(13)8(16(2)15-7)6-18-10-5-3-4-9(17)12(10)14/h3-5,17H,6,14H2,1-2H3. The van der Waals surface area contributed by atoms with Crippen molar-refractivity contribution in [3.8, 4) is 11.5 Å². The van der Waals surface area contributed by atoms with Crippen LogP contribution in [0.25, 0.3) is 0 Å². The monoisotopic (exact) mass is 267 g/mol. The third-order valence-corrected chi connectivity index (χ3v) is 3.16. The number of para-hydroxylation sites is 1. The normalized spacial score (nSPS) is 10.6. The number of rotatable bonds is 3. The van der Waals surface area contributed by atoms with Crippen LogP contribution < -0.4 is 10.5 Å². The number of phenols is 1. The molecule has 0 amide bonds. The minimum atomic E-state index is -0.000200. The zero-order chi connectivity index (χ0) is 13.3. The molecule has 1 heterocycles. The zero-order valence-corrected chi connectivity index (χ0v) is 10.9. The highest BCUT2D eigenvalue weighted by Gasteiger charge is 2.12. The number of ether oxygens (including phenoxy) is 1. The van der Waals surface area contributed by atoms with Crippen molar-refractivity contribution in [3.05, 3.63) is 34.6 Å². The van der Waals surface area contributed by atoms with E-state index in [1.807, 2.05) is 6.92 Å². The number of nitrogens with zero attached hydrogens (tertiary/aromatic N) is 2. The Kier molecular flexibility index (Phi) is 3.34. The van der Waals surface area contributed by atoms with E-state index in [2.05, 4.69) is 5.10 Å². The van der Waals surface area contributed by atoms with Gasteiger partial charge in [-0.3, -0.25) is 4.68 Å². The Hall–Kier alpha value is -1.88. The van der Waals surface area contributed by atoms with E-state index in [-0.39, 0.29) is 18.0 Å². The zero-order valence-electron chi connectivity index (χ0n) is 10.1. The van der Waals surface area contributed by atoms with Crippen LogP contribution in [0.4, 0.5) is 5.69 Å². The third kappa shape index (κ3) is 2.22. The van der Waals surface area contributed by atoms with E-state index < -0.39 is 0 Å². The molecule has 0 fully saturated rings. The molecule has 0 spiro atoms. The van der Waals surface area contributed by atoms with E-state index in [1.54, 1.807) is 23.9 Å². The molecule has 0 unspecified atom stereocenters. The highest BCUT2D eigenvalue weighted by atomic mass is 35.5. The summed E-state index contributed by atoms with van der Waals surface area (Å²) in [6.07, 6.45) is 0. The van der Waals surface area contributed by atoms with Gasteiger partial charge in [-0.25, -0.2) is 0 Å². The third-order valence-electron chi connectivity index (χ3n) is 2.67. The Balaban J connectivity index is 2.19. The van der Waals surface area contributed by atoms with Crippen LogP contribution >= 0.6 is 11.6 Å². The number of nitrogen functional groups attached to an aromatic ring is 1. The molecule has 5 nitrogen and oxygen atoms in total. The lowest BCUT2D eigenvalue weighted by Gasteiger charge is -2.10. The second kappa shape index (κ2) is 4.78. The highest BCUT2D eigenvalue weighted by Crippen LogP contribution is 2.31. The second-order valence-electron chi connectivity index (χ2n) is 3.95. The lowest BCUT2D eigenvalue weighted by Crippen LogP contribution is -2.04. The lowest BCUT2D eigenvalue weighted by atomic mass is 10.3. The van der Waals surface area contributed by atoms with E-state index in [1.165, 1.54) is 6.07 Å². The van der Waals surface area contributed by atoms with Crippen molar-refractivity contribution in [2.45, 2.75) is 13.5 Å². The maximum Gasteiger partial charge on any atom is 0.146 e. The van der Waals surface area contributed by atoms with Gasteiger partial charge in [-0.05, 0) is 19.1 Å². The second-order valence-corrected chi connectivity index (χ2v) is 4.33. The van der Waals surface area contributed by atoms with Crippen molar-refractivity contribution in [3.63, 3.8) is 0 Å². The first-order valence-corrected chi connectivity index (χ1v) is 5.76. The number of phenolic OH excluding ortho intramolecular Hbond substituents is 1. The van der Waals surface area contributed by atoms with Crippen LogP contribution in [0.2, 0.25) is 5.02 Å². The number of aromatic nitrogens is 2. The van der Waals surface area contributed by atoms with E-state index in [4.69, 9.17) is 22.1 Å². The molecule has 0 radical (unpaired) electrons. The summed E-state index contributed by atoms with van der Waals surface area (Å²) in [5.74, 6) is 0.421. The molecule has 0 saturated heterocycles. The number of hydrogen-bond acceptors (Lipinski definition) is 4. The van der Waals surface area contributed by atoms with E-state index in [0.29, 0.717) is 10.8 Å². The van der Waals surface area contributed by atoms with Gasteiger partial charge in [0.2, 0.25) is 0 Å². The minimum Gasteiger partial charge on any atom is -0.506 e. The Labute approximate surface area is 110 Å². The van der Waals surface area contributed by atoms with Crippen LogP contribution in [0.3, 0.4) is 0 Å². The number of halogens is 1. The Morgan fingerprint density at radius 3 is 2.83 bits per heavy atom. The Morgan fingerprint density at radius 2 is 2.22 bits per heavy atom. The molecule has 1 aromatic carbocycles. The van der Waals surface area contributed by atoms with E-state index in [0.717, 1.165) is 11.4 Å². The summed E-state index contributed by atoms with van der Waals surface area (Å²) in [7, 11) is 1.80. The van der Waals surface area contributed by atoms with Gasteiger partial charge in [-0.15, -0.1) is 0 Å². The van der Waals surface area contributed by atoms with Crippen molar-refractivity contribution < 1.29 is 9.84 Å². The number of benzene rings is 1. The summed E-state index contributed by atoms with van der Waals surface area (Å²) in [5, 5.41) is 14.2. The number of aryl methyl sites for hydroxylation is 2. The van der Waals surface area contributed by atoms with Crippen LogP contribution in [0.1, 0.15) is 11.4 Å². The minimum absolute atomic E-state index is 0.000200. The Morgan fingerprint density at radius 1 is 1.50 bits per heavy atom. The maximum absolute atomic E-state index is 9.46. The fourth-order valence-electron chi connectivity index (χ4n) is 1.64. The fraction of sp³-hybridized carbons (Fsp3) is 0.250. The molecule has 0 atom stereocenters. The summed E-state index contributed by atoms with van der Waals surface area (Å²) in [6, 6.07) is 4.85. The summed E-state index contributed by atoms with van der Waals surface area (Å²) < 4.78 is 7.21. The molecule has 18 heavy (non-hydrogen) atoms. The van der Waals surface area contributed by atoms with Gasteiger partial charge in [-0.2, -0.15) is 5.10 Å². The van der Waals surface area contributed by atoms with Crippen molar-refractivity contribution in [2.75, 3.05) is 5.73 Å². The molecule has 2 rings (SSSR count). The van der Waals surface area contributed by atoms with Gasteiger partial charge in [0.25, 0.3) is 0 Å². The predicted octanol–water partition coefficient (Wildman–Crippen LogP) is 2.25. The molecule has 0 aliphatic heterocycles. The van der Waals surface area contributed by atoms with Crippen molar-refractivity contribution >= 4 is 17.3 Å². The summed E-state index contributed by atoms with van der Waals surface area (Å²) in [4.78, 5) is 0. The molecular weight excluding hydrogens is 254 g/mol. The first-order valence-electron chi connectivity index (χ1n) is 5.39. The van der Waals surface area contributed by atoms with Gasteiger partial charge in [0, 0.05) is 7.05 Å². The number of anilines is 1. The predicted molar refractivity (Wildman–Crippen MR) is 69.8 cm³/mol. The van der Waals surface area contributed by atoms with Crippen molar-refractivity contribution in [2.24, 2.45) is 7.05 Å². The topological polar surface area (TPSA) is 73.3 Å². The van der Waals surface area contributed by atoms with Gasteiger partial charge in [0.05, 0.1) is 16.4 Å². The van der Waals surface area contributed by atoms with Gasteiger partial charge in [-0.1, -0.05) is 17.7 Å². The first kappa shape index (κ1) is 12.6. The van der Waals surface area contributed by atoms with Gasteiger partial charge < -0.3 is 15.6 Å². The lowest BCUT2D eigenvalue weighted by molar-refractivity contribution is 0.295. The molecule has 0 aliphatic rings. The molecule has 0 bridgehead atoms. The van der Waals surface area contributed by atoms with Gasteiger partial charge in [0.1, 0.15) is 23.8 Å².